The monoisotopic (exact) mass is 251 g/mol. The lowest BCUT2D eigenvalue weighted by Crippen LogP contribution is -2.41. The maximum absolute atomic E-state index is 10.9. The van der Waals surface area contributed by atoms with Crippen molar-refractivity contribution in [3.8, 4) is 0 Å². The van der Waals surface area contributed by atoms with Crippen molar-refractivity contribution in [2.45, 2.75) is 39.2 Å². The zero-order chi connectivity index (χ0) is 13.8. The van der Waals surface area contributed by atoms with Crippen LogP contribution in [0.4, 0.5) is 5.69 Å². The van der Waals surface area contributed by atoms with Crippen LogP contribution in [0.2, 0.25) is 0 Å². The standard InChI is InChI=1S/C14H21NO3/c1-4-14(5-2,9-16)15-12-7-6-11(13(17)18)8-10(12)3/h6-8,15-16H,4-5,9H2,1-3H3,(H,17,18). The lowest BCUT2D eigenvalue weighted by atomic mass is 9.93. The maximum atomic E-state index is 10.9. The van der Waals surface area contributed by atoms with Gasteiger partial charge in [0, 0.05) is 5.69 Å². The third kappa shape index (κ3) is 3.01. The Balaban J connectivity index is 3.01. The van der Waals surface area contributed by atoms with Gasteiger partial charge in [-0.1, -0.05) is 13.8 Å². The number of aliphatic hydroxyl groups is 1. The van der Waals surface area contributed by atoms with Gasteiger partial charge in [0.2, 0.25) is 0 Å². The summed E-state index contributed by atoms with van der Waals surface area (Å²) in [4.78, 5) is 10.9. The van der Waals surface area contributed by atoms with Crippen molar-refractivity contribution >= 4 is 11.7 Å². The molecule has 0 aromatic heterocycles. The highest BCUT2D eigenvalue weighted by atomic mass is 16.4. The highest BCUT2D eigenvalue weighted by Gasteiger charge is 2.25. The molecule has 0 heterocycles. The van der Waals surface area contributed by atoms with Gasteiger partial charge in [0.05, 0.1) is 17.7 Å². The topological polar surface area (TPSA) is 69.6 Å². The fourth-order valence-electron chi connectivity index (χ4n) is 1.91. The van der Waals surface area contributed by atoms with Gasteiger partial charge in [0.25, 0.3) is 0 Å². The predicted molar refractivity (Wildman–Crippen MR) is 72.2 cm³/mol. The zero-order valence-corrected chi connectivity index (χ0v) is 11.2. The molecule has 0 aliphatic rings. The first-order chi connectivity index (χ1) is 8.48. The lowest BCUT2D eigenvalue weighted by molar-refractivity contribution is 0.0697. The summed E-state index contributed by atoms with van der Waals surface area (Å²) < 4.78 is 0. The molecule has 0 aliphatic heterocycles. The number of aliphatic hydroxyl groups excluding tert-OH is 1. The van der Waals surface area contributed by atoms with E-state index < -0.39 is 5.97 Å². The number of aromatic carboxylic acids is 1. The number of benzene rings is 1. The molecule has 1 aromatic carbocycles. The summed E-state index contributed by atoms with van der Waals surface area (Å²) in [5.41, 5.74) is 1.68. The Labute approximate surface area is 108 Å². The van der Waals surface area contributed by atoms with Crippen molar-refractivity contribution in [3.05, 3.63) is 29.3 Å². The second-order valence-corrected chi connectivity index (χ2v) is 4.61. The fraction of sp³-hybridized carbons (Fsp3) is 0.500. The van der Waals surface area contributed by atoms with Gasteiger partial charge >= 0.3 is 5.97 Å². The van der Waals surface area contributed by atoms with Crippen LogP contribution in [0.1, 0.15) is 42.6 Å². The number of nitrogens with one attached hydrogen (secondary N) is 1. The molecule has 0 spiro atoms. The van der Waals surface area contributed by atoms with Gasteiger partial charge in [0.1, 0.15) is 0 Å². The molecule has 0 unspecified atom stereocenters. The van der Waals surface area contributed by atoms with E-state index in [9.17, 15) is 9.90 Å². The van der Waals surface area contributed by atoms with Crippen LogP contribution in [-0.4, -0.2) is 28.3 Å². The van der Waals surface area contributed by atoms with Gasteiger partial charge in [-0.25, -0.2) is 4.79 Å². The number of aryl methyl sites for hydroxylation is 1. The Morgan fingerprint density at radius 2 is 1.94 bits per heavy atom. The van der Waals surface area contributed by atoms with E-state index in [0.29, 0.717) is 0 Å². The molecule has 18 heavy (non-hydrogen) atoms. The van der Waals surface area contributed by atoms with E-state index in [1.807, 2.05) is 20.8 Å². The van der Waals surface area contributed by atoms with Crippen molar-refractivity contribution in [1.29, 1.82) is 0 Å². The minimum atomic E-state index is -0.927. The number of carboxylic acid groups (broad SMARTS) is 1. The van der Waals surface area contributed by atoms with Gasteiger partial charge < -0.3 is 15.5 Å². The Morgan fingerprint density at radius 1 is 1.33 bits per heavy atom. The van der Waals surface area contributed by atoms with Crippen LogP contribution in [0.15, 0.2) is 18.2 Å². The number of carboxylic acids is 1. The molecule has 4 heteroatoms. The lowest BCUT2D eigenvalue weighted by Gasteiger charge is -2.32. The average Bonchev–Trinajstić information content (AvgIpc) is 2.38. The molecule has 0 aliphatic carbocycles. The Kier molecular flexibility index (Phi) is 4.73. The molecule has 0 radical (unpaired) electrons. The van der Waals surface area contributed by atoms with E-state index >= 15 is 0 Å². The SMILES string of the molecule is CCC(CC)(CO)Nc1ccc(C(=O)O)cc1C. The summed E-state index contributed by atoms with van der Waals surface area (Å²) in [6.45, 7) is 5.96. The normalized spacial score (nSPS) is 11.3. The van der Waals surface area contributed by atoms with E-state index in [0.717, 1.165) is 24.1 Å². The largest absolute Gasteiger partial charge is 0.478 e. The van der Waals surface area contributed by atoms with Gasteiger partial charge in [-0.2, -0.15) is 0 Å². The quantitative estimate of drug-likeness (QED) is 0.727. The van der Waals surface area contributed by atoms with E-state index in [4.69, 9.17) is 5.11 Å². The second-order valence-electron chi connectivity index (χ2n) is 4.61. The molecule has 0 atom stereocenters. The van der Waals surface area contributed by atoms with Crippen LogP contribution in [-0.2, 0) is 0 Å². The summed E-state index contributed by atoms with van der Waals surface area (Å²) in [7, 11) is 0. The highest BCUT2D eigenvalue weighted by Crippen LogP contribution is 2.25. The molecule has 3 N–H and O–H groups in total. The summed E-state index contributed by atoms with van der Waals surface area (Å²) >= 11 is 0. The van der Waals surface area contributed by atoms with E-state index in [-0.39, 0.29) is 17.7 Å². The van der Waals surface area contributed by atoms with E-state index in [1.165, 1.54) is 0 Å². The fourth-order valence-corrected chi connectivity index (χ4v) is 1.91. The van der Waals surface area contributed by atoms with E-state index in [1.54, 1.807) is 18.2 Å². The molecule has 1 rings (SSSR count). The molecular weight excluding hydrogens is 230 g/mol. The zero-order valence-electron chi connectivity index (χ0n) is 11.2. The van der Waals surface area contributed by atoms with Crippen molar-refractivity contribution in [3.63, 3.8) is 0 Å². The highest BCUT2D eigenvalue weighted by molar-refractivity contribution is 5.88. The number of carbonyl (C=O) groups is 1. The molecule has 100 valence electrons. The summed E-state index contributed by atoms with van der Waals surface area (Å²) in [5.74, 6) is -0.927. The van der Waals surface area contributed by atoms with Crippen molar-refractivity contribution in [2.75, 3.05) is 11.9 Å². The smallest absolute Gasteiger partial charge is 0.335 e. The van der Waals surface area contributed by atoms with Crippen LogP contribution in [0, 0.1) is 6.92 Å². The molecule has 0 amide bonds. The third-order valence-electron chi connectivity index (χ3n) is 3.53. The molecule has 1 aromatic rings. The Hall–Kier alpha value is -1.55. The molecule has 0 saturated heterocycles. The molecule has 4 nitrogen and oxygen atoms in total. The van der Waals surface area contributed by atoms with Crippen LogP contribution in [0.25, 0.3) is 0 Å². The van der Waals surface area contributed by atoms with Crippen LogP contribution < -0.4 is 5.32 Å². The van der Waals surface area contributed by atoms with Gasteiger partial charge in [-0.3, -0.25) is 0 Å². The van der Waals surface area contributed by atoms with Crippen molar-refractivity contribution in [2.24, 2.45) is 0 Å². The Morgan fingerprint density at radius 3 is 2.33 bits per heavy atom. The first-order valence-corrected chi connectivity index (χ1v) is 6.21. The minimum Gasteiger partial charge on any atom is -0.478 e. The number of hydrogen-bond acceptors (Lipinski definition) is 3. The van der Waals surface area contributed by atoms with Crippen molar-refractivity contribution < 1.29 is 15.0 Å². The van der Waals surface area contributed by atoms with Crippen molar-refractivity contribution in [1.82, 2.24) is 0 Å². The number of rotatable bonds is 6. The number of anilines is 1. The third-order valence-corrected chi connectivity index (χ3v) is 3.53. The van der Waals surface area contributed by atoms with Gasteiger partial charge in [-0.15, -0.1) is 0 Å². The van der Waals surface area contributed by atoms with Crippen LogP contribution >= 0.6 is 0 Å². The van der Waals surface area contributed by atoms with Gasteiger partial charge in [-0.05, 0) is 43.5 Å². The maximum Gasteiger partial charge on any atom is 0.335 e. The minimum absolute atomic E-state index is 0.0557. The second kappa shape index (κ2) is 5.87. The molecule has 0 saturated carbocycles. The first kappa shape index (κ1) is 14.5. The van der Waals surface area contributed by atoms with E-state index in [2.05, 4.69) is 5.32 Å². The summed E-state index contributed by atoms with van der Waals surface area (Å²) in [6.07, 6.45) is 1.61. The van der Waals surface area contributed by atoms with Gasteiger partial charge in [0.15, 0.2) is 0 Å². The first-order valence-electron chi connectivity index (χ1n) is 6.21. The summed E-state index contributed by atoms with van der Waals surface area (Å²) in [6, 6.07) is 4.97. The predicted octanol–water partition coefficient (Wildman–Crippen LogP) is 2.66. The molecule has 0 fully saturated rings. The molecule has 0 bridgehead atoms. The Bertz CT molecular complexity index is 417. The van der Waals surface area contributed by atoms with Crippen LogP contribution in [0.3, 0.4) is 0 Å². The van der Waals surface area contributed by atoms with Crippen LogP contribution in [0.5, 0.6) is 0 Å². The summed E-state index contributed by atoms with van der Waals surface area (Å²) in [5, 5.41) is 21.8. The molecular formula is C14H21NO3. The number of hydrogen-bond donors (Lipinski definition) is 3. The average molecular weight is 251 g/mol.